The molecule has 1 aromatic rings. The smallest absolute Gasteiger partial charge is 0.321 e. The third-order valence-electron chi connectivity index (χ3n) is 7.43. The molecule has 164 valence electrons. The molecule has 4 saturated carbocycles. The molecule has 5 rings (SSSR count). The van der Waals surface area contributed by atoms with E-state index in [0.29, 0.717) is 17.8 Å². The molecule has 1 N–H and O–H groups in total. The van der Waals surface area contributed by atoms with Gasteiger partial charge in [-0.15, -0.1) is 0 Å². The second-order valence-electron chi connectivity index (χ2n) is 9.76. The highest BCUT2D eigenvalue weighted by Gasteiger charge is 2.55. The van der Waals surface area contributed by atoms with Crippen LogP contribution >= 0.6 is 0 Å². The molecule has 0 aliphatic heterocycles. The monoisotopic (exact) mass is 433 g/mol. The number of aryl methyl sites for hydroxylation is 2. The minimum atomic E-state index is -3.82. The maximum absolute atomic E-state index is 13.2. The molecule has 4 aliphatic carbocycles. The van der Waals surface area contributed by atoms with Crippen molar-refractivity contribution in [3.05, 3.63) is 29.3 Å². The van der Waals surface area contributed by atoms with Crippen LogP contribution in [0.3, 0.4) is 0 Å². The van der Waals surface area contributed by atoms with Crippen LogP contribution < -0.4 is 4.72 Å². The normalized spacial score (nSPS) is 30.8. The summed E-state index contributed by atoms with van der Waals surface area (Å²) in [6, 6.07) is 4.81. The van der Waals surface area contributed by atoms with Crippen LogP contribution in [-0.2, 0) is 24.3 Å². The first kappa shape index (κ1) is 21.5. The van der Waals surface area contributed by atoms with Gasteiger partial charge in [0, 0.05) is 5.41 Å². The summed E-state index contributed by atoms with van der Waals surface area (Å²) >= 11 is 0. The minimum Gasteiger partial charge on any atom is -0.454 e. The van der Waals surface area contributed by atoms with Gasteiger partial charge in [0.15, 0.2) is 11.9 Å². The van der Waals surface area contributed by atoms with Crippen LogP contribution in [0.15, 0.2) is 23.1 Å². The molecule has 0 radical (unpaired) electrons. The summed E-state index contributed by atoms with van der Waals surface area (Å²) in [6.45, 7) is 4.86. The van der Waals surface area contributed by atoms with Gasteiger partial charge in [-0.3, -0.25) is 9.59 Å². The first-order valence-corrected chi connectivity index (χ1v) is 12.4. The molecule has 4 fully saturated rings. The Balaban J connectivity index is 1.35. The molecule has 4 aliphatic rings. The minimum absolute atomic E-state index is 0.0203. The Morgan fingerprint density at radius 1 is 1.07 bits per heavy atom. The number of carbonyl (C=O) groups excluding carboxylic acids is 2. The SMILES string of the molecule is Cc1ccc(S(=O)(=O)NCC(=O)OC(C)C(=O)C23CC4CC(CC(C4)C2)C3)cc1C. The molecular weight excluding hydrogens is 402 g/mol. The highest BCUT2D eigenvalue weighted by molar-refractivity contribution is 7.89. The maximum atomic E-state index is 13.2. The number of carbonyl (C=O) groups is 2. The zero-order chi connectivity index (χ0) is 21.7. The lowest BCUT2D eigenvalue weighted by Crippen LogP contribution is -2.53. The van der Waals surface area contributed by atoms with Crippen LogP contribution in [0, 0.1) is 37.0 Å². The molecule has 0 saturated heterocycles. The summed E-state index contributed by atoms with van der Waals surface area (Å²) in [6.07, 6.45) is 5.61. The van der Waals surface area contributed by atoms with Crippen molar-refractivity contribution in [1.29, 1.82) is 0 Å². The van der Waals surface area contributed by atoms with E-state index in [1.54, 1.807) is 19.1 Å². The van der Waals surface area contributed by atoms with Gasteiger partial charge in [0.25, 0.3) is 0 Å². The number of rotatable bonds is 7. The Kier molecular flexibility index (Phi) is 5.56. The van der Waals surface area contributed by atoms with Gasteiger partial charge in [0.2, 0.25) is 10.0 Å². The lowest BCUT2D eigenvalue weighted by Gasteiger charge is -2.56. The summed E-state index contributed by atoms with van der Waals surface area (Å²) in [7, 11) is -3.82. The van der Waals surface area contributed by atoms with Gasteiger partial charge < -0.3 is 4.74 Å². The second-order valence-corrected chi connectivity index (χ2v) is 11.5. The molecule has 0 amide bonds. The van der Waals surface area contributed by atoms with E-state index in [4.69, 9.17) is 4.74 Å². The zero-order valence-electron chi connectivity index (χ0n) is 17.9. The zero-order valence-corrected chi connectivity index (χ0v) is 18.8. The molecule has 1 unspecified atom stereocenters. The van der Waals surface area contributed by atoms with E-state index in [-0.39, 0.29) is 16.1 Å². The van der Waals surface area contributed by atoms with Crippen LogP contribution in [0.1, 0.15) is 56.6 Å². The van der Waals surface area contributed by atoms with Crippen LogP contribution in [0.2, 0.25) is 0 Å². The Morgan fingerprint density at radius 2 is 1.63 bits per heavy atom. The standard InChI is InChI=1S/C23H31NO5S/c1-14-4-5-20(6-15(14)2)30(27,28)24-13-21(25)29-16(3)22(26)23-10-17-7-18(11-23)9-19(8-17)12-23/h4-6,16-19,24H,7-13H2,1-3H3. The number of Topliss-reactive ketones (excluding diaryl/α,β-unsaturated/α-hetero) is 1. The molecule has 1 aromatic carbocycles. The number of hydrogen-bond donors (Lipinski definition) is 1. The van der Waals surface area contributed by atoms with E-state index in [0.717, 1.165) is 30.4 Å². The van der Waals surface area contributed by atoms with Gasteiger partial charge in [0.05, 0.1) is 4.90 Å². The fraction of sp³-hybridized carbons (Fsp3) is 0.652. The van der Waals surface area contributed by atoms with Crippen molar-refractivity contribution in [2.24, 2.45) is 23.2 Å². The number of ketones is 1. The third kappa shape index (κ3) is 4.06. The largest absolute Gasteiger partial charge is 0.454 e. The molecule has 1 atom stereocenters. The number of sulfonamides is 1. The molecule has 6 nitrogen and oxygen atoms in total. The molecular formula is C23H31NO5S. The summed E-state index contributed by atoms with van der Waals surface area (Å²) < 4.78 is 32.6. The summed E-state index contributed by atoms with van der Waals surface area (Å²) in [5, 5.41) is 0. The van der Waals surface area contributed by atoms with Crippen molar-refractivity contribution in [3.63, 3.8) is 0 Å². The average Bonchev–Trinajstić information content (AvgIpc) is 2.67. The van der Waals surface area contributed by atoms with Gasteiger partial charge in [-0.25, -0.2) is 8.42 Å². The van der Waals surface area contributed by atoms with Crippen molar-refractivity contribution < 1.29 is 22.7 Å². The van der Waals surface area contributed by atoms with Gasteiger partial charge >= 0.3 is 5.97 Å². The average molecular weight is 434 g/mol. The summed E-state index contributed by atoms with van der Waals surface area (Å²) in [5.74, 6) is 1.19. The molecule has 0 spiro atoms. The number of nitrogens with one attached hydrogen (secondary N) is 1. The number of esters is 1. The highest BCUT2D eigenvalue weighted by atomic mass is 32.2. The Bertz CT molecular complexity index is 933. The van der Waals surface area contributed by atoms with Crippen LogP contribution in [0.4, 0.5) is 0 Å². The lowest BCUT2D eigenvalue weighted by molar-refractivity contribution is -0.164. The van der Waals surface area contributed by atoms with Crippen molar-refractivity contribution in [1.82, 2.24) is 4.72 Å². The molecule has 7 heteroatoms. The summed E-state index contributed by atoms with van der Waals surface area (Å²) in [4.78, 5) is 25.6. The lowest BCUT2D eigenvalue weighted by atomic mass is 9.48. The first-order valence-electron chi connectivity index (χ1n) is 10.9. The van der Waals surface area contributed by atoms with Gasteiger partial charge in [-0.2, -0.15) is 4.72 Å². The Hall–Kier alpha value is -1.73. The van der Waals surface area contributed by atoms with Crippen LogP contribution in [0.25, 0.3) is 0 Å². The quantitative estimate of drug-likeness (QED) is 0.667. The van der Waals surface area contributed by atoms with E-state index in [2.05, 4.69) is 4.72 Å². The Morgan fingerprint density at radius 3 is 2.17 bits per heavy atom. The van der Waals surface area contributed by atoms with E-state index in [1.807, 2.05) is 13.8 Å². The predicted molar refractivity (Wildman–Crippen MR) is 112 cm³/mol. The van der Waals surface area contributed by atoms with Crippen LogP contribution in [0.5, 0.6) is 0 Å². The topological polar surface area (TPSA) is 89.5 Å². The fourth-order valence-corrected chi connectivity index (χ4v) is 7.31. The van der Waals surface area contributed by atoms with Gasteiger partial charge in [0.1, 0.15) is 6.54 Å². The molecule has 30 heavy (non-hydrogen) atoms. The van der Waals surface area contributed by atoms with Crippen LogP contribution in [-0.4, -0.2) is 32.8 Å². The Labute approximate surface area is 178 Å². The number of hydrogen-bond acceptors (Lipinski definition) is 5. The third-order valence-corrected chi connectivity index (χ3v) is 8.83. The number of ether oxygens (including phenoxy) is 1. The number of benzene rings is 1. The molecule has 4 bridgehead atoms. The van der Waals surface area contributed by atoms with Crippen molar-refractivity contribution in [3.8, 4) is 0 Å². The summed E-state index contributed by atoms with van der Waals surface area (Å²) in [5.41, 5.74) is 1.51. The highest BCUT2D eigenvalue weighted by Crippen LogP contribution is 2.60. The van der Waals surface area contributed by atoms with Crippen molar-refractivity contribution in [2.75, 3.05) is 6.54 Å². The van der Waals surface area contributed by atoms with E-state index in [1.165, 1.54) is 25.3 Å². The van der Waals surface area contributed by atoms with E-state index < -0.39 is 28.6 Å². The molecule has 0 aromatic heterocycles. The molecule has 0 heterocycles. The van der Waals surface area contributed by atoms with Crippen molar-refractivity contribution in [2.45, 2.75) is 70.3 Å². The predicted octanol–water partition coefficient (Wildman–Crippen LogP) is 3.30. The van der Waals surface area contributed by atoms with Gasteiger partial charge in [-0.05, 0) is 100 Å². The van der Waals surface area contributed by atoms with E-state index >= 15 is 0 Å². The maximum Gasteiger partial charge on any atom is 0.321 e. The first-order chi connectivity index (χ1) is 14.1. The van der Waals surface area contributed by atoms with Gasteiger partial charge in [-0.1, -0.05) is 6.07 Å². The fourth-order valence-electron chi connectivity index (χ4n) is 6.25. The van der Waals surface area contributed by atoms with E-state index in [9.17, 15) is 18.0 Å². The second kappa shape index (κ2) is 7.75. The van der Waals surface area contributed by atoms with Crippen molar-refractivity contribution >= 4 is 21.8 Å².